The highest BCUT2D eigenvalue weighted by molar-refractivity contribution is 5.36. The molecule has 0 saturated carbocycles. The van der Waals surface area contributed by atoms with Crippen LogP contribution >= 0.6 is 0 Å². The highest BCUT2D eigenvalue weighted by Gasteiger charge is 2.24. The van der Waals surface area contributed by atoms with Gasteiger partial charge in [0, 0.05) is 30.4 Å². The number of nitrogens with zero attached hydrogens (tertiary/aromatic N) is 3. The zero-order chi connectivity index (χ0) is 13.2. The van der Waals surface area contributed by atoms with Crippen LogP contribution in [-0.4, -0.2) is 27.2 Å². The first-order valence-electron chi connectivity index (χ1n) is 6.53. The Balaban J connectivity index is 2.19. The summed E-state index contributed by atoms with van der Waals surface area (Å²) in [5.41, 5.74) is 2.25. The van der Waals surface area contributed by atoms with Crippen LogP contribution in [0.5, 0.6) is 0 Å². The second-order valence-electron chi connectivity index (χ2n) is 5.73. The molecule has 2 heterocycles. The van der Waals surface area contributed by atoms with Crippen molar-refractivity contribution in [1.82, 2.24) is 19.9 Å². The molecule has 2 aromatic heterocycles. The van der Waals surface area contributed by atoms with Gasteiger partial charge in [0.2, 0.25) is 0 Å². The molecule has 1 atom stereocenters. The highest BCUT2D eigenvalue weighted by atomic mass is 15.2. The molecule has 0 aromatic carbocycles. The lowest BCUT2D eigenvalue weighted by Gasteiger charge is -2.31. The minimum atomic E-state index is 0.226. The van der Waals surface area contributed by atoms with Crippen LogP contribution in [0, 0.1) is 5.41 Å². The van der Waals surface area contributed by atoms with E-state index in [4.69, 9.17) is 0 Å². The number of nitrogens with one attached hydrogen (secondary N) is 1. The predicted molar refractivity (Wildman–Crippen MR) is 73.6 cm³/mol. The second-order valence-corrected chi connectivity index (χ2v) is 5.73. The van der Waals surface area contributed by atoms with Gasteiger partial charge in [-0.15, -0.1) is 0 Å². The first-order valence-corrected chi connectivity index (χ1v) is 6.53. The van der Waals surface area contributed by atoms with E-state index in [1.165, 1.54) is 0 Å². The lowest BCUT2D eigenvalue weighted by atomic mass is 9.84. The van der Waals surface area contributed by atoms with Crippen molar-refractivity contribution in [3.8, 4) is 0 Å². The van der Waals surface area contributed by atoms with E-state index in [-0.39, 0.29) is 5.41 Å². The van der Waals surface area contributed by atoms with Gasteiger partial charge >= 0.3 is 0 Å². The van der Waals surface area contributed by atoms with Crippen LogP contribution in [0.4, 0.5) is 0 Å². The standard InChI is InChI=1S/C14H22N4/c1-5-15-12(14(2,3)4)10-11-7-9-18-13(17-11)6-8-16-18/h6-9,12,15H,5,10H2,1-4H3. The van der Waals surface area contributed by atoms with Crippen molar-refractivity contribution in [2.45, 2.75) is 40.2 Å². The summed E-state index contributed by atoms with van der Waals surface area (Å²) in [5.74, 6) is 0. The summed E-state index contributed by atoms with van der Waals surface area (Å²) in [5, 5.41) is 7.71. The van der Waals surface area contributed by atoms with Crippen molar-refractivity contribution in [2.75, 3.05) is 6.54 Å². The zero-order valence-corrected chi connectivity index (χ0v) is 11.6. The van der Waals surface area contributed by atoms with E-state index < -0.39 is 0 Å². The lowest BCUT2D eigenvalue weighted by molar-refractivity contribution is 0.268. The Bertz CT molecular complexity index is 510. The molecule has 0 bridgehead atoms. The molecule has 0 radical (unpaired) electrons. The van der Waals surface area contributed by atoms with Gasteiger partial charge in [-0.3, -0.25) is 0 Å². The Hall–Kier alpha value is -1.42. The average Bonchev–Trinajstić information content (AvgIpc) is 2.74. The quantitative estimate of drug-likeness (QED) is 0.900. The van der Waals surface area contributed by atoms with Crippen molar-refractivity contribution >= 4 is 5.65 Å². The van der Waals surface area contributed by atoms with E-state index in [1.807, 2.05) is 12.3 Å². The normalized spacial score (nSPS) is 14.0. The predicted octanol–water partition coefficient (Wildman–Crippen LogP) is 2.30. The molecule has 2 aromatic rings. The molecule has 0 aliphatic carbocycles. The SMILES string of the molecule is CCNC(Cc1ccn2nccc2n1)C(C)(C)C. The van der Waals surface area contributed by atoms with Crippen LogP contribution in [0.2, 0.25) is 0 Å². The maximum Gasteiger partial charge on any atom is 0.155 e. The largest absolute Gasteiger partial charge is 0.313 e. The third kappa shape index (κ3) is 2.88. The topological polar surface area (TPSA) is 42.2 Å². The van der Waals surface area contributed by atoms with E-state index >= 15 is 0 Å². The Morgan fingerprint density at radius 1 is 1.33 bits per heavy atom. The fraction of sp³-hybridized carbons (Fsp3) is 0.571. The Morgan fingerprint density at radius 3 is 2.78 bits per heavy atom. The average molecular weight is 246 g/mol. The van der Waals surface area contributed by atoms with Crippen LogP contribution < -0.4 is 5.32 Å². The lowest BCUT2D eigenvalue weighted by Crippen LogP contribution is -2.42. The molecular weight excluding hydrogens is 224 g/mol. The van der Waals surface area contributed by atoms with Crippen molar-refractivity contribution in [3.63, 3.8) is 0 Å². The van der Waals surface area contributed by atoms with E-state index in [1.54, 1.807) is 10.7 Å². The van der Waals surface area contributed by atoms with Gasteiger partial charge in [0.05, 0.1) is 6.20 Å². The Labute approximate surface area is 108 Å². The summed E-state index contributed by atoms with van der Waals surface area (Å²) in [7, 11) is 0. The molecule has 0 aliphatic heterocycles. The molecule has 0 fully saturated rings. The molecule has 0 spiro atoms. The summed E-state index contributed by atoms with van der Waals surface area (Å²) < 4.78 is 1.79. The van der Waals surface area contributed by atoms with Gasteiger partial charge in [0.25, 0.3) is 0 Å². The molecule has 0 amide bonds. The zero-order valence-electron chi connectivity index (χ0n) is 11.6. The van der Waals surface area contributed by atoms with E-state index in [2.05, 4.69) is 49.2 Å². The molecule has 4 nitrogen and oxygen atoms in total. The summed E-state index contributed by atoms with van der Waals surface area (Å²) >= 11 is 0. The van der Waals surface area contributed by atoms with Gasteiger partial charge in [0.1, 0.15) is 0 Å². The fourth-order valence-corrected chi connectivity index (χ4v) is 2.11. The number of hydrogen-bond acceptors (Lipinski definition) is 3. The molecule has 2 rings (SSSR count). The van der Waals surface area contributed by atoms with Gasteiger partial charge < -0.3 is 5.32 Å². The number of likely N-dealkylation sites (N-methyl/N-ethyl adjacent to an activating group) is 1. The molecule has 98 valence electrons. The van der Waals surface area contributed by atoms with E-state index in [0.29, 0.717) is 6.04 Å². The number of aromatic nitrogens is 3. The van der Waals surface area contributed by atoms with Crippen molar-refractivity contribution < 1.29 is 0 Å². The smallest absolute Gasteiger partial charge is 0.155 e. The van der Waals surface area contributed by atoms with E-state index in [0.717, 1.165) is 24.3 Å². The minimum absolute atomic E-state index is 0.226. The van der Waals surface area contributed by atoms with Crippen LogP contribution in [0.3, 0.4) is 0 Å². The first-order chi connectivity index (χ1) is 8.50. The van der Waals surface area contributed by atoms with Gasteiger partial charge in [-0.2, -0.15) is 5.10 Å². The van der Waals surface area contributed by atoms with Crippen molar-refractivity contribution in [3.05, 3.63) is 30.2 Å². The molecule has 18 heavy (non-hydrogen) atoms. The van der Waals surface area contributed by atoms with Crippen LogP contribution in [0.15, 0.2) is 24.5 Å². The summed E-state index contributed by atoms with van der Waals surface area (Å²) in [6, 6.07) is 4.42. The fourth-order valence-electron chi connectivity index (χ4n) is 2.11. The third-order valence-electron chi connectivity index (χ3n) is 3.22. The monoisotopic (exact) mass is 246 g/mol. The van der Waals surface area contributed by atoms with Gasteiger partial charge in [0.15, 0.2) is 5.65 Å². The highest BCUT2D eigenvalue weighted by Crippen LogP contribution is 2.22. The van der Waals surface area contributed by atoms with Gasteiger partial charge in [-0.25, -0.2) is 9.50 Å². The summed E-state index contributed by atoms with van der Waals surface area (Å²) in [6.45, 7) is 9.91. The number of fused-ring (bicyclic) bond motifs is 1. The maximum atomic E-state index is 4.63. The second kappa shape index (κ2) is 5.06. The summed E-state index contributed by atoms with van der Waals surface area (Å²) in [6.07, 6.45) is 4.69. The van der Waals surface area contributed by atoms with Crippen LogP contribution in [0.25, 0.3) is 5.65 Å². The minimum Gasteiger partial charge on any atom is -0.313 e. The Kier molecular flexibility index (Phi) is 3.66. The third-order valence-corrected chi connectivity index (χ3v) is 3.22. The van der Waals surface area contributed by atoms with E-state index in [9.17, 15) is 0 Å². The number of rotatable bonds is 4. The van der Waals surface area contributed by atoms with Gasteiger partial charge in [-0.1, -0.05) is 27.7 Å². The molecule has 0 aliphatic rings. The van der Waals surface area contributed by atoms with Crippen molar-refractivity contribution in [1.29, 1.82) is 0 Å². The summed E-state index contributed by atoms with van der Waals surface area (Å²) in [4.78, 5) is 4.63. The van der Waals surface area contributed by atoms with Crippen LogP contribution in [0.1, 0.15) is 33.4 Å². The first kappa shape index (κ1) is 13.0. The van der Waals surface area contributed by atoms with Crippen LogP contribution in [-0.2, 0) is 6.42 Å². The maximum absolute atomic E-state index is 4.63. The molecule has 4 heteroatoms. The molecule has 0 saturated heterocycles. The molecular formula is C14H22N4. The number of hydrogen-bond donors (Lipinski definition) is 1. The van der Waals surface area contributed by atoms with Crippen molar-refractivity contribution in [2.24, 2.45) is 5.41 Å². The Morgan fingerprint density at radius 2 is 2.11 bits per heavy atom. The molecule has 1 N–H and O–H groups in total. The molecule has 1 unspecified atom stereocenters. The van der Waals surface area contributed by atoms with Gasteiger partial charge in [-0.05, 0) is 18.0 Å².